The van der Waals surface area contributed by atoms with Crippen LogP contribution in [0.25, 0.3) is 0 Å². The van der Waals surface area contributed by atoms with E-state index in [9.17, 15) is 14.9 Å². The normalized spacial score (nSPS) is 42.7. The number of nitrogens with one attached hydrogen (secondary N) is 1. The topological polar surface area (TPSA) is 96.0 Å². The van der Waals surface area contributed by atoms with Crippen LogP contribution in [-0.4, -0.2) is 23.3 Å². The van der Waals surface area contributed by atoms with Crippen LogP contribution < -0.4 is 5.32 Å². The summed E-state index contributed by atoms with van der Waals surface area (Å²) < 4.78 is 5.29. The lowest BCUT2D eigenvalue weighted by Gasteiger charge is -2.68. The number of carbonyl (C=O) groups excluding carboxylic acids is 2. The highest BCUT2D eigenvalue weighted by molar-refractivity contribution is 6.04. The molecule has 1 heterocycles. The molecule has 1 aromatic heterocycles. The summed E-state index contributed by atoms with van der Waals surface area (Å²) in [7, 11) is 0. The molecule has 5 aliphatic carbocycles. The van der Waals surface area contributed by atoms with Crippen LogP contribution in [0.15, 0.2) is 22.2 Å². The van der Waals surface area contributed by atoms with Gasteiger partial charge in [0.2, 0.25) is 0 Å². The minimum absolute atomic E-state index is 0.0220. The molecular weight excluding hydrogens is 510 g/mol. The summed E-state index contributed by atoms with van der Waals surface area (Å²) in [5.41, 5.74) is 0.719. The largest absolute Gasteiger partial charge is 0.361 e. The summed E-state index contributed by atoms with van der Waals surface area (Å²) in [5.74, 6) is 2.40. The molecule has 1 N–H and O–H groups in total. The van der Waals surface area contributed by atoms with Crippen molar-refractivity contribution >= 4 is 11.6 Å². The van der Waals surface area contributed by atoms with Gasteiger partial charge in [-0.25, -0.2) is 0 Å². The van der Waals surface area contributed by atoms with Gasteiger partial charge < -0.3 is 9.84 Å². The van der Waals surface area contributed by atoms with Gasteiger partial charge >= 0.3 is 0 Å². The van der Waals surface area contributed by atoms with Gasteiger partial charge in [0.05, 0.1) is 11.3 Å². The molecule has 222 valence electrons. The fourth-order valence-electron chi connectivity index (χ4n) is 11.3. The first-order valence-electron chi connectivity index (χ1n) is 16.0. The summed E-state index contributed by atoms with van der Waals surface area (Å²) in [5, 5.41) is 17.9. The summed E-state index contributed by atoms with van der Waals surface area (Å²) in [6.45, 7) is 17.1. The van der Waals surface area contributed by atoms with E-state index in [0.29, 0.717) is 36.2 Å². The van der Waals surface area contributed by atoms with E-state index in [2.05, 4.69) is 44.2 Å². The van der Waals surface area contributed by atoms with E-state index in [-0.39, 0.29) is 45.2 Å². The molecule has 0 saturated heterocycles. The maximum atomic E-state index is 14.5. The zero-order chi connectivity index (χ0) is 29.6. The maximum absolute atomic E-state index is 14.5. The third-order valence-electron chi connectivity index (χ3n) is 13.3. The van der Waals surface area contributed by atoms with Gasteiger partial charge in [-0.2, -0.15) is 5.26 Å². The number of fused-ring (bicyclic) bond motifs is 7. The molecule has 41 heavy (non-hydrogen) atoms. The molecule has 4 fully saturated rings. The second kappa shape index (κ2) is 9.37. The molecule has 6 rings (SSSR count). The number of aromatic nitrogens is 1. The Labute approximate surface area is 246 Å². The van der Waals surface area contributed by atoms with Crippen molar-refractivity contribution in [2.24, 2.45) is 56.7 Å². The zero-order valence-corrected chi connectivity index (χ0v) is 26.2. The van der Waals surface area contributed by atoms with Gasteiger partial charge in [0.25, 0.3) is 0 Å². The Bertz CT molecular complexity index is 1330. The number of hydrogen-bond donors (Lipinski definition) is 1. The lowest BCUT2D eigenvalue weighted by Crippen LogP contribution is -2.65. The van der Waals surface area contributed by atoms with Crippen LogP contribution in [-0.2, 0) is 16.1 Å². The molecule has 8 atom stereocenters. The highest BCUT2D eigenvalue weighted by atomic mass is 16.5. The Hall–Kier alpha value is -2.26. The molecule has 5 aliphatic rings. The molecule has 1 aromatic rings. The van der Waals surface area contributed by atoms with Crippen molar-refractivity contribution in [2.45, 2.75) is 106 Å². The standard InChI is InChI=1S/C35H49N3O3/c1-21-14-23(38-41-21)19-37-20-35-11-8-24-29(25(35)17-31(2,3)12-13-35)26(39)15-28-33(24,6)10-9-27-32(4,5)30(40)22(18-36)16-34(27,28)7/h14,16,24-25,27-29,37H,8-13,15,17,19-20H2,1-7H3/t24?,25?,27-,28-,29?,33-,34-,35-/m0/s1. The van der Waals surface area contributed by atoms with Gasteiger partial charge in [-0.15, -0.1) is 0 Å². The van der Waals surface area contributed by atoms with E-state index in [0.717, 1.165) is 56.5 Å². The van der Waals surface area contributed by atoms with Crippen molar-refractivity contribution in [2.75, 3.05) is 6.54 Å². The maximum Gasteiger partial charge on any atom is 0.178 e. The average Bonchev–Trinajstić information content (AvgIpc) is 3.32. The number of nitriles is 1. The molecule has 0 amide bonds. The number of allylic oxidation sites excluding steroid dienone is 2. The van der Waals surface area contributed by atoms with Crippen LogP contribution in [0.4, 0.5) is 0 Å². The Balaban J connectivity index is 1.33. The molecule has 6 nitrogen and oxygen atoms in total. The Morgan fingerprint density at radius 2 is 1.78 bits per heavy atom. The van der Waals surface area contributed by atoms with Crippen LogP contribution in [0.3, 0.4) is 0 Å². The first-order chi connectivity index (χ1) is 19.2. The fourth-order valence-corrected chi connectivity index (χ4v) is 11.3. The summed E-state index contributed by atoms with van der Waals surface area (Å²) >= 11 is 0. The van der Waals surface area contributed by atoms with Crippen molar-refractivity contribution < 1.29 is 14.1 Å². The molecule has 3 unspecified atom stereocenters. The predicted octanol–water partition coefficient (Wildman–Crippen LogP) is 6.98. The molecular formula is C35H49N3O3. The lowest BCUT2D eigenvalue weighted by atomic mass is 9.35. The quantitative estimate of drug-likeness (QED) is 0.427. The second-order valence-electron chi connectivity index (χ2n) is 16.4. The van der Waals surface area contributed by atoms with Crippen LogP contribution in [0.1, 0.15) is 104 Å². The number of rotatable bonds is 4. The summed E-state index contributed by atoms with van der Waals surface area (Å²) in [6.07, 6.45) is 10.3. The highest BCUT2D eigenvalue weighted by Gasteiger charge is 2.68. The van der Waals surface area contributed by atoms with Crippen molar-refractivity contribution in [3.8, 4) is 6.07 Å². The first-order valence-corrected chi connectivity index (χ1v) is 16.0. The zero-order valence-electron chi connectivity index (χ0n) is 26.2. The average molecular weight is 560 g/mol. The predicted molar refractivity (Wildman–Crippen MR) is 157 cm³/mol. The fraction of sp³-hybridized carbons (Fsp3) is 0.771. The minimum atomic E-state index is -0.584. The molecule has 0 bridgehead atoms. The summed E-state index contributed by atoms with van der Waals surface area (Å²) in [4.78, 5) is 27.8. The van der Waals surface area contributed by atoms with Crippen LogP contribution in [0.2, 0.25) is 0 Å². The molecule has 0 aliphatic heterocycles. The number of aryl methyl sites for hydroxylation is 1. The number of ketones is 2. The van der Waals surface area contributed by atoms with E-state index in [1.54, 1.807) is 0 Å². The van der Waals surface area contributed by atoms with Gasteiger partial charge in [0.1, 0.15) is 17.6 Å². The third-order valence-corrected chi connectivity index (χ3v) is 13.3. The van der Waals surface area contributed by atoms with Gasteiger partial charge in [0, 0.05) is 36.9 Å². The molecule has 4 saturated carbocycles. The number of Topliss-reactive ketones (excluding diaryl/α,β-unsaturated/α-hetero) is 2. The Morgan fingerprint density at radius 1 is 1.02 bits per heavy atom. The van der Waals surface area contributed by atoms with Crippen molar-refractivity contribution in [1.29, 1.82) is 5.26 Å². The molecule has 6 heteroatoms. The SMILES string of the molecule is Cc1cc(CNC[C@@]23CCC4C(C(=O)C[C@@H]5[C@@]6(C)C=C(C#N)C(=O)C(C)(C)[C@@H]6CC[C@@]45C)C2CC(C)(C)CC3)no1. The van der Waals surface area contributed by atoms with E-state index < -0.39 is 5.41 Å². The van der Waals surface area contributed by atoms with Crippen molar-refractivity contribution in [3.63, 3.8) is 0 Å². The van der Waals surface area contributed by atoms with Crippen LogP contribution >= 0.6 is 0 Å². The van der Waals surface area contributed by atoms with Crippen molar-refractivity contribution in [3.05, 3.63) is 29.2 Å². The smallest absolute Gasteiger partial charge is 0.178 e. The number of nitrogens with zero attached hydrogens (tertiary/aromatic N) is 2. The Morgan fingerprint density at radius 3 is 2.46 bits per heavy atom. The lowest BCUT2D eigenvalue weighted by molar-refractivity contribution is -0.190. The van der Waals surface area contributed by atoms with Crippen molar-refractivity contribution in [1.82, 2.24) is 10.5 Å². The van der Waals surface area contributed by atoms with Crippen LogP contribution in [0, 0.1) is 74.9 Å². The van der Waals surface area contributed by atoms with E-state index in [1.807, 2.05) is 32.9 Å². The Kier molecular flexibility index (Phi) is 6.59. The van der Waals surface area contributed by atoms with Gasteiger partial charge in [-0.05, 0) is 97.2 Å². The second-order valence-corrected chi connectivity index (χ2v) is 16.4. The molecule has 0 radical (unpaired) electrons. The molecule has 0 spiro atoms. The van der Waals surface area contributed by atoms with Gasteiger partial charge in [-0.1, -0.05) is 52.8 Å². The number of carbonyl (C=O) groups is 2. The van der Waals surface area contributed by atoms with Crippen LogP contribution in [0.5, 0.6) is 0 Å². The van der Waals surface area contributed by atoms with Gasteiger partial charge in [-0.3, -0.25) is 9.59 Å². The van der Waals surface area contributed by atoms with E-state index >= 15 is 0 Å². The monoisotopic (exact) mass is 559 g/mol. The minimum Gasteiger partial charge on any atom is -0.361 e. The van der Waals surface area contributed by atoms with E-state index in [4.69, 9.17) is 4.52 Å². The highest BCUT2D eigenvalue weighted by Crippen LogP contribution is 2.71. The van der Waals surface area contributed by atoms with E-state index in [1.165, 1.54) is 6.42 Å². The number of hydrogen-bond acceptors (Lipinski definition) is 6. The first kappa shape index (κ1) is 28.8. The molecule has 0 aromatic carbocycles. The summed E-state index contributed by atoms with van der Waals surface area (Å²) in [6, 6.07) is 4.23. The van der Waals surface area contributed by atoms with Gasteiger partial charge in [0.15, 0.2) is 5.78 Å². The third kappa shape index (κ3) is 4.23.